The second-order valence-electron chi connectivity index (χ2n) is 7.79. The van der Waals surface area contributed by atoms with Gasteiger partial charge in [0.2, 0.25) is 15.9 Å². The Labute approximate surface area is 188 Å². The van der Waals surface area contributed by atoms with Crippen LogP contribution in [0.15, 0.2) is 24.4 Å². The topological polar surface area (TPSA) is 123 Å². The molecule has 1 aliphatic heterocycles. The fourth-order valence-corrected chi connectivity index (χ4v) is 4.49. The molecule has 3 aromatic rings. The predicted molar refractivity (Wildman–Crippen MR) is 116 cm³/mol. The van der Waals surface area contributed by atoms with Crippen molar-refractivity contribution in [2.75, 3.05) is 30.3 Å². The van der Waals surface area contributed by atoms with E-state index in [1.165, 1.54) is 6.20 Å². The Hall–Kier alpha value is -3.12. The van der Waals surface area contributed by atoms with Crippen molar-refractivity contribution in [2.45, 2.75) is 19.8 Å². The Bertz CT molecular complexity index is 1290. The number of rotatable bonds is 10. The average Bonchev–Trinajstić information content (AvgIpc) is 3.11. The predicted octanol–water partition coefficient (Wildman–Crippen LogP) is 2.84. The number of nitrogens with one attached hydrogen (secondary N) is 2. The first-order chi connectivity index (χ1) is 15.8. The van der Waals surface area contributed by atoms with Crippen LogP contribution in [0.4, 0.5) is 14.5 Å². The molecule has 1 saturated heterocycles. The molecule has 1 aromatic carbocycles. The number of ketones is 1. The van der Waals surface area contributed by atoms with Crippen molar-refractivity contribution in [3.63, 3.8) is 0 Å². The summed E-state index contributed by atoms with van der Waals surface area (Å²) in [6.07, 6.45) is 1.35. The minimum absolute atomic E-state index is 0.234. The molecule has 0 aliphatic carbocycles. The highest BCUT2D eigenvalue weighted by atomic mass is 32.2. The van der Waals surface area contributed by atoms with Crippen LogP contribution in [-0.2, 0) is 21.2 Å². The first-order valence-corrected chi connectivity index (χ1v) is 12.0. The van der Waals surface area contributed by atoms with Gasteiger partial charge in [0.1, 0.15) is 5.82 Å². The van der Waals surface area contributed by atoms with Crippen LogP contribution in [0.3, 0.4) is 0 Å². The summed E-state index contributed by atoms with van der Waals surface area (Å²) >= 11 is 0. The van der Waals surface area contributed by atoms with Crippen molar-refractivity contribution in [1.29, 1.82) is 0 Å². The van der Waals surface area contributed by atoms with Gasteiger partial charge in [0.15, 0.2) is 17.2 Å². The summed E-state index contributed by atoms with van der Waals surface area (Å²) in [7, 11) is -3.82. The number of carbonyl (C=O) groups is 1. The van der Waals surface area contributed by atoms with Gasteiger partial charge < -0.3 is 9.47 Å². The largest absolute Gasteiger partial charge is 0.476 e. The Morgan fingerprint density at radius 1 is 1.33 bits per heavy atom. The minimum Gasteiger partial charge on any atom is -0.476 e. The van der Waals surface area contributed by atoms with Gasteiger partial charge >= 0.3 is 0 Å². The maximum absolute atomic E-state index is 14.9. The molecule has 4 rings (SSSR count). The van der Waals surface area contributed by atoms with E-state index in [9.17, 15) is 22.0 Å². The van der Waals surface area contributed by atoms with Gasteiger partial charge in [-0.05, 0) is 30.2 Å². The van der Waals surface area contributed by atoms with E-state index >= 15 is 0 Å². The third-order valence-electron chi connectivity index (χ3n) is 5.07. The molecule has 9 nitrogen and oxygen atoms in total. The molecule has 33 heavy (non-hydrogen) atoms. The van der Waals surface area contributed by atoms with Crippen LogP contribution in [0.2, 0.25) is 0 Å². The molecule has 0 bridgehead atoms. The van der Waals surface area contributed by atoms with Crippen LogP contribution >= 0.6 is 0 Å². The third kappa shape index (κ3) is 5.11. The molecule has 0 amide bonds. The van der Waals surface area contributed by atoms with E-state index in [1.807, 2.05) is 0 Å². The molecule has 3 heterocycles. The summed E-state index contributed by atoms with van der Waals surface area (Å²) in [5.41, 5.74) is -0.468. The number of nitrogens with zero attached hydrogens (tertiary/aromatic N) is 2. The standard InChI is InChI=1S/C21H22F2N4O5S/c1-2-5-33(29,30)27-16-4-3-15(22)18(19(16)23)17(28)7-12-6-14-20(24-8-12)25-26-21(14)32-11-13-9-31-10-13/h3-4,6,8,13,27H,2,5,7,9-11H2,1H3,(H,24,25,26). The number of pyridine rings is 1. The molecule has 176 valence electrons. The number of hydrogen-bond acceptors (Lipinski definition) is 7. The number of fused-ring (bicyclic) bond motifs is 1. The summed E-state index contributed by atoms with van der Waals surface area (Å²) in [5.74, 6) is -2.85. The second-order valence-corrected chi connectivity index (χ2v) is 9.63. The quantitative estimate of drug-likeness (QED) is 0.428. The number of benzene rings is 1. The van der Waals surface area contributed by atoms with E-state index in [2.05, 4.69) is 19.9 Å². The fourth-order valence-electron chi connectivity index (χ4n) is 3.36. The number of sulfonamides is 1. The molecule has 0 unspecified atom stereocenters. The van der Waals surface area contributed by atoms with E-state index in [4.69, 9.17) is 9.47 Å². The smallest absolute Gasteiger partial charge is 0.242 e. The van der Waals surface area contributed by atoms with Gasteiger partial charge in [-0.1, -0.05) is 6.92 Å². The van der Waals surface area contributed by atoms with E-state index in [1.54, 1.807) is 13.0 Å². The lowest BCUT2D eigenvalue weighted by Gasteiger charge is -2.25. The first-order valence-electron chi connectivity index (χ1n) is 10.3. The van der Waals surface area contributed by atoms with Crippen molar-refractivity contribution in [3.8, 4) is 5.88 Å². The monoisotopic (exact) mass is 480 g/mol. The summed E-state index contributed by atoms with van der Waals surface area (Å²) < 4.78 is 66.0. The third-order valence-corrected chi connectivity index (χ3v) is 6.55. The molecular weight excluding hydrogens is 458 g/mol. The van der Waals surface area contributed by atoms with Gasteiger partial charge in [-0.25, -0.2) is 22.2 Å². The van der Waals surface area contributed by atoms with Crippen molar-refractivity contribution in [3.05, 3.63) is 47.2 Å². The van der Waals surface area contributed by atoms with Crippen LogP contribution < -0.4 is 9.46 Å². The number of ether oxygens (including phenoxy) is 2. The average molecular weight is 480 g/mol. The van der Waals surface area contributed by atoms with E-state index < -0.39 is 38.7 Å². The zero-order valence-electron chi connectivity index (χ0n) is 17.7. The van der Waals surface area contributed by atoms with Gasteiger partial charge in [0.25, 0.3) is 0 Å². The van der Waals surface area contributed by atoms with Crippen LogP contribution in [0, 0.1) is 17.6 Å². The van der Waals surface area contributed by atoms with Crippen molar-refractivity contribution in [2.24, 2.45) is 5.92 Å². The van der Waals surface area contributed by atoms with Crippen molar-refractivity contribution >= 4 is 32.5 Å². The second kappa shape index (κ2) is 9.40. The number of halogens is 2. The Morgan fingerprint density at radius 3 is 2.82 bits per heavy atom. The lowest BCUT2D eigenvalue weighted by atomic mass is 10.0. The minimum atomic E-state index is -3.82. The molecule has 2 N–H and O–H groups in total. The number of aromatic nitrogens is 3. The number of hydrogen-bond donors (Lipinski definition) is 2. The molecule has 1 aliphatic rings. The molecule has 1 fully saturated rings. The van der Waals surface area contributed by atoms with Crippen LogP contribution in [-0.4, -0.2) is 55.0 Å². The molecule has 0 radical (unpaired) electrons. The highest BCUT2D eigenvalue weighted by Gasteiger charge is 2.24. The van der Waals surface area contributed by atoms with Gasteiger partial charge in [-0.2, -0.15) is 0 Å². The molecule has 0 saturated carbocycles. The number of carbonyl (C=O) groups excluding carboxylic acids is 1. The fraction of sp³-hybridized carbons (Fsp3) is 0.381. The lowest BCUT2D eigenvalue weighted by molar-refractivity contribution is -0.0512. The summed E-state index contributed by atoms with van der Waals surface area (Å²) in [6.45, 7) is 3.30. The van der Waals surface area contributed by atoms with E-state index in [0.717, 1.165) is 12.1 Å². The number of aromatic amines is 1. The maximum Gasteiger partial charge on any atom is 0.242 e. The summed E-state index contributed by atoms with van der Waals surface area (Å²) in [5, 5.41) is 7.33. The number of H-pyrrole nitrogens is 1. The normalized spacial score (nSPS) is 14.3. The highest BCUT2D eigenvalue weighted by Crippen LogP contribution is 2.26. The van der Waals surface area contributed by atoms with Crippen LogP contribution in [0.5, 0.6) is 5.88 Å². The Morgan fingerprint density at radius 2 is 2.12 bits per heavy atom. The zero-order chi connectivity index (χ0) is 23.6. The van der Waals surface area contributed by atoms with Crippen LogP contribution in [0.1, 0.15) is 29.3 Å². The van der Waals surface area contributed by atoms with E-state index in [-0.39, 0.29) is 18.1 Å². The lowest BCUT2D eigenvalue weighted by Crippen LogP contribution is -2.32. The van der Waals surface area contributed by atoms with Gasteiger partial charge in [-0.3, -0.25) is 14.6 Å². The molecule has 12 heteroatoms. The summed E-state index contributed by atoms with van der Waals surface area (Å²) in [6, 6.07) is 3.41. The van der Waals surface area contributed by atoms with Crippen molar-refractivity contribution < 1.29 is 31.5 Å². The van der Waals surface area contributed by atoms with Gasteiger partial charge in [0.05, 0.1) is 42.2 Å². The molecule has 0 atom stereocenters. The van der Waals surface area contributed by atoms with Gasteiger partial charge in [0, 0.05) is 18.5 Å². The zero-order valence-corrected chi connectivity index (χ0v) is 18.5. The Kier molecular flexibility index (Phi) is 6.56. The Balaban J connectivity index is 1.55. The highest BCUT2D eigenvalue weighted by molar-refractivity contribution is 7.92. The molecule has 2 aromatic heterocycles. The van der Waals surface area contributed by atoms with E-state index in [0.29, 0.717) is 48.7 Å². The number of Topliss-reactive ketones (excluding diaryl/α,β-unsaturated/α-hetero) is 1. The summed E-state index contributed by atoms with van der Waals surface area (Å²) in [4.78, 5) is 17.0. The first kappa shape index (κ1) is 23.1. The van der Waals surface area contributed by atoms with Gasteiger partial charge in [-0.15, -0.1) is 5.10 Å². The van der Waals surface area contributed by atoms with Crippen molar-refractivity contribution in [1.82, 2.24) is 15.2 Å². The maximum atomic E-state index is 14.9. The van der Waals surface area contributed by atoms with Crippen LogP contribution in [0.25, 0.3) is 11.0 Å². The SMILES string of the molecule is CCCS(=O)(=O)Nc1ccc(F)c(C(=O)Cc2cnc3[nH]nc(OCC4COC4)c3c2)c1F. The molecular formula is C21H22F2N4O5S. The number of anilines is 1. The molecule has 0 spiro atoms.